The van der Waals surface area contributed by atoms with E-state index in [0.717, 1.165) is 72.3 Å². The molecule has 1 aromatic heterocycles. The van der Waals surface area contributed by atoms with Crippen molar-refractivity contribution in [3.8, 4) is 17.2 Å². The molecular weight excluding hydrogens is 516 g/mol. The Balaban J connectivity index is 1.39. The Morgan fingerprint density at radius 2 is 1.68 bits per heavy atom. The van der Waals surface area contributed by atoms with Gasteiger partial charge in [-0.15, -0.1) is 0 Å². The van der Waals surface area contributed by atoms with Gasteiger partial charge in [0.2, 0.25) is 0 Å². The van der Waals surface area contributed by atoms with Crippen LogP contribution >= 0.6 is 11.6 Å². The van der Waals surface area contributed by atoms with Gasteiger partial charge in [-0.1, -0.05) is 48.0 Å². The summed E-state index contributed by atoms with van der Waals surface area (Å²) in [7, 11) is 0. The molecule has 40 heavy (non-hydrogen) atoms. The maximum absolute atomic E-state index is 14.2. The third kappa shape index (κ3) is 5.65. The highest BCUT2D eigenvalue weighted by Crippen LogP contribution is 2.30. The number of hydrogen-bond acceptors (Lipinski definition) is 4. The Morgan fingerprint density at radius 3 is 2.42 bits per heavy atom. The number of likely N-dealkylation sites (tertiary alicyclic amines) is 2. The standard InChI is InChI=1S/C34H31ClN4O/c35-28-13-7-24(8-14-28)9-15-29-21-32(34(40)39-19-3-4-30(39)23-38-17-1-2-18-38)31-20-27(12-16-33(31)37-29)26-10-5-25(22-36)6-11-26/h5-16,20-21,30H,1-4,17-19,23H2/b15-9+/t30-/m0/s1. The zero-order valence-electron chi connectivity index (χ0n) is 22.4. The van der Waals surface area contributed by atoms with Gasteiger partial charge in [-0.05, 0) is 104 Å². The summed E-state index contributed by atoms with van der Waals surface area (Å²) in [6.45, 7) is 4.00. The van der Waals surface area contributed by atoms with E-state index in [1.807, 2.05) is 78.9 Å². The summed E-state index contributed by atoms with van der Waals surface area (Å²) in [6.07, 6.45) is 8.53. The van der Waals surface area contributed by atoms with Crippen molar-refractivity contribution < 1.29 is 4.79 Å². The number of carbonyl (C=O) groups is 1. The fraction of sp³-hybridized carbons (Fsp3) is 0.265. The largest absolute Gasteiger partial charge is 0.334 e. The Kier molecular flexibility index (Phi) is 7.64. The minimum Gasteiger partial charge on any atom is -0.334 e. The quantitative estimate of drug-likeness (QED) is 0.254. The number of pyridine rings is 1. The molecule has 3 heterocycles. The van der Waals surface area contributed by atoms with E-state index in [4.69, 9.17) is 16.6 Å². The minimum absolute atomic E-state index is 0.0761. The Hall–Kier alpha value is -3.98. The maximum Gasteiger partial charge on any atom is 0.254 e. The lowest BCUT2D eigenvalue weighted by Crippen LogP contribution is -2.42. The number of benzene rings is 3. The summed E-state index contributed by atoms with van der Waals surface area (Å²) in [4.78, 5) is 23.7. The number of amides is 1. The number of hydrogen-bond donors (Lipinski definition) is 0. The molecule has 4 aromatic rings. The molecule has 2 fully saturated rings. The van der Waals surface area contributed by atoms with Gasteiger partial charge in [-0.3, -0.25) is 4.79 Å². The molecule has 0 aliphatic carbocycles. The van der Waals surface area contributed by atoms with Crippen LogP contribution in [0.2, 0.25) is 5.02 Å². The first kappa shape index (κ1) is 26.3. The fourth-order valence-corrected chi connectivity index (χ4v) is 6.02. The van der Waals surface area contributed by atoms with E-state index in [1.54, 1.807) is 0 Å². The SMILES string of the molecule is N#Cc1ccc(-c2ccc3nc(/C=C/c4ccc(Cl)cc4)cc(C(=O)N4CCC[C@H]4CN4CCCC4)c3c2)cc1. The van der Waals surface area contributed by atoms with Gasteiger partial charge in [0.05, 0.1) is 28.4 Å². The molecule has 2 saturated heterocycles. The first-order chi connectivity index (χ1) is 19.6. The zero-order valence-corrected chi connectivity index (χ0v) is 23.1. The predicted octanol–water partition coefficient (Wildman–Crippen LogP) is 7.30. The van der Waals surface area contributed by atoms with Crippen molar-refractivity contribution in [1.29, 1.82) is 5.26 Å². The van der Waals surface area contributed by atoms with Crippen LogP contribution in [0.4, 0.5) is 0 Å². The van der Waals surface area contributed by atoms with Crippen molar-refractivity contribution >= 4 is 40.6 Å². The van der Waals surface area contributed by atoms with Gasteiger partial charge in [0.1, 0.15) is 0 Å². The second-order valence-electron chi connectivity index (χ2n) is 10.7. The average molecular weight is 547 g/mol. The molecule has 0 saturated carbocycles. The van der Waals surface area contributed by atoms with Gasteiger partial charge in [-0.25, -0.2) is 4.98 Å². The molecular formula is C34H31ClN4O. The first-order valence-electron chi connectivity index (χ1n) is 14.0. The second kappa shape index (κ2) is 11.6. The molecule has 6 heteroatoms. The Labute approximate surface area is 240 Å². The summed E-state index contributed by atoms with van der Waals surface area (Å²) in [5.74, 6) is 0.0761. The minimum atomic E-state index is 0.0761. The summed E-state index contributed by atoms with van der Waals surface area (Å²) in [6, 6.07) is 25.6. The zero-order chi connectivity index (χ0) is 27.5. The van der Waals surface area contributed by atoms with Crippen LogP contribution in [-0.4, -0.2) is 52.9 Å². The van der Waals surface area contributed by atoms with Crippen LogP contribution in [0.25, 0.3) is 34.2 Å². The first-order valence-corrected chi connectivity index (χ1v) is 14.4. The molecule has 3 aromatic carbocycles. The van der Waals surface area contributed by atoms with Crippen LogP contribution in [0.3, 0.4) is 0 Å². The van der Waals surface area contributed by atoms with E-state index in [-0.39, 0.29) is 11.9 Å². The van der Waals surface area contributed by atoms with Gasteiger partial charge < -0.3 is 9.80 Å². The lowest BCUT2D eigenvalue weighted by atomic mass is 9.98. The van der Waals surface area contributed by atoms with Crippen molar-refractivity contribution in [2.45, 2.75) is 31.7 Å². The molecule has 0 radical (unpaired) electrons. The molecule has 1 atom stereocenters. The monoisotopic (exact) mass is 546 g/mol. The molecule has 2 aliphatic heterocycles. The number of rotatable bonds is 6. The van der Waals surface area contributed by atoms with Crippen molar-refractivity contribution in [1.82, 2.24) is 14.8 Å². The molecule has 2 aliphatic rings. The van der Waals surface area contributed by atoms with Crippen LogP contribution in [0.1, 0.15) is 52.9 Å². The number of halogens is 1. The van der Waals surface area contributed by atoms with Crippen LogP contribution in [0.15, 0.2) is 72.8 Å². The molecule has 1 amide bonds. The third-order valence-electron chi connectivity index (χ3n) is 8.03. The number of nitriles is 1. The van der Waals surface area contributed by atoms with E-state index < -0.39 is 0 Å². The highest BCUT2D eigenvalue weighted by molar-refractivity contribution is 6.30. The van der Waals surface area contributed by atoms with Crippen molar-refractivity contribution in [2.24, 2.45) is 0 Å². The number of fused-ring (bicyclic) bond motifs is 1. The summed E-state index contributed by atoms with van der Waals surface area (Å²) in [5.41, 5.74) is 5.84. The molecule has 0 N–H and O–H groups in total. The van der Waals surface area contributed by atoms with Crippen LogP contribution in [0.5, 0.6) is 0 Å². The topological polar surface area (TPSA) is 60.2 Å². The van der Waals surface area contributed by atoms with Gasteiger partial charge in [0.25, 0.3) is 5.91 Å². The van der Waals surface area contributed by atoms with Gasteiger partial charge >= 0.3 is 0 Å². The molecule has 6 rings (SSSR count). The fourth-order valence-electron chi connectivity index (χ4n) is 5.89. The summed E-state index contributed by atoms with van der Waals surface area (Å²) >= 11 is 6.05. The Bertz CT molecular complexity index is 1600. The van der Waals surface area contributed by atoms with Gasteiger partial charge in [0.15, 0.2) is 0 Å². The number of carbonyl (C=O) groups excluding carboxylic acids is 1. The maximum atomic E-state index is 14.2. The van der Waals surface area contributed by atoms with Crippen LogP contribution in [0, 0.1) is 11.3 Å². The molecule has 0 unspecified atom stereocenters. The summed E-state index contributed by atoms with van der Waals surface area (Å²) < 4.78 is 0. The van der Waals surface area contributed by atoms with Crippen molar-refractivity contribution in [3.05, 3.63) is 100 Å². The normalized spacial score (nSPS) is 17.6. The predicted molar refractivity (Wildman–Crippen MR) is 162 cm³/mol. The highest BCUT2D eigenvalue weighted by Gasteiger charge is 2.32. The van der Waals surface area contributed by atoms with E-state index >= 15 is 0 Å². The van der Waals surface area contributed by atoms with Gasteiger partial charge in [-0.2, -0.15) is 5.26 Å². The van der Waals surface area contributed by atoms with Gasteiger partial charge in [0, 0.05) is 29.5 Å². The molecule has 5 nitrogen and oxygen atoms in total. The lowest BCUT2D eigenvalue weighted by Gasteiger charge is -2.29. The number of nitrogens with zero attached hydrogens (tertiary/aromatic N) is 4. The lowest BCUT2D eigenvalue weighted by molar-refractivity contribution is 0.0710. The molecule has 0 bridgehead atoms. The smallest absolute Gasteiger partial charge is 0.254 e. The van der Waals surface area contributed by atoms with Crippen molar-refractivity contribution in [3.63, 3.8) is 0 Å². The summed E-state index contributed by atoms with van der Waals surface area (Å²) in [5, 5.41) is 10.7. The second-order valence-corrected chi connectivity index (χ2v) is 11.1. The van der Waals surface area contributed by atoms with E-state index in [1.165, 1.54) is 12.8 Å². The van der Waals surface area contributed by atoms with E-state index in [9.17, 15) is 10.1 Å². The van der Waals surface area contributed by atoms with Crippen LogP contribution < -0.4 is 0 Å². The average Bonchev–Trinajstić information content (AvgIpc) is 3.68. The molecule has 200 valence electrons. The third-order valence-corrected chi connectivity index (χ3v) is 8.28. The van der Waals surface area contributed by atoms with Crippen LogP contribution in [-0.2, 0) is 0 Å². The Morgan fingerprint density at radius 1 is 0.925 bits per heavy atom. The molecule has 0 spiro atoms. The number of aromatic nitrogens is 1. The highest BCUT2D eigenvalue weighted by atomic mass is 35.5. The van der Waals surface area contributed by atoms with E-state index in [2.05, 4.69) is 21.9 Å². The van der Waals surface area contributed by atoms with Crippen molar-refractivity contribution in [2.75, 3.05) is 26.2 Å². The van der Waals surface area contributed by atoms with E-state index in [0.29, 0.717) is 16.1 Å².